The van der Waals surface area contributed by atoms with Gasteiger partial charge in [0.1, 0.15) is 25.6 Å². The van der Waals surface area contributed by atoms with Crippen LogP contribution in [-0.2, 0) is 25.3 Å². The third-order valence-electron chi connectivity index (χ3n) is 9.55. The average Bonchev–Trinajstić information content (AvgIpc) is 3.37. The molecule has 0 atom stereocenters. The van der Waals surface area contributed by atoms with E-state index in [4.69, 9.17) is 9.97 Å². The zero-order valence-electron chi connectivity index (χ0n) is 25.3. The van der Waals surface area contributed by atoms with Crippen LogP contribution in [0, 0.1) is 24.5 Å². The Morgan fingerprint density at radius 1 is 0.935 bits per heavy atom. The number of thiazole rings is 1. The number of rotatable bonds is 9. The van der Waals surface area contributed by atoms with E-state index in [2.05, 4.69) is 15.0 Å². The Morgan fingerprint density at radius 3 is 2.30 bits per heavy atom. The minimum Gasteiger partial charge on any atom is -0.351 e. The van der Waals surface area contributed by atoms with E-state index in [1.54, 1.807) is 18.3 Å². The first kappa shape index (κ1) is 31.1. The average molecular weight is 686 g/mol. The molecular weight excluding hydrogens is 653 g/mol. The molecule has 4 saturated carbocycles. The van der Waals surface area contributed by atoms with Crippen LogP contribution in [0.5, 0.6) is 0 Å². The summed E-state index contributed by atoms with van der Waals surface area (Å²) in [5.41, 5.74) is 0.851. The van der Waals surface area contributed by atoms with Crippen molar-refractivity contribution < 1.29 is 25.6 Å². The van der Waals surface area contributed by atoms with E-state index in [1.807, 2.05) is 0 Å². The minimum atomic E-state index is -4.44. The number of benzene rings is 2. The first-order valence-corrected chi connectivity index (χ1v) is 19.5. The lowest BCUT2D eigenvalue weighted by Crippen LogP contribution is -2.55. The molecule has 4 fully saturated rings. The smallest absolute Gasteiger partial charge is 0.265 e. The van der Waals surface area contributed by atoms with Crippen molar-refractivity contribution in [3.05, 3.63) is 70.9 Å². The quantitative estimate of drug-likeness (QED) is 0.205. The summed E-state index contributed by atoms with van der Waals surface area (Å²) in [6.45, 7) is 1.48. The highest BCUT2D eigenvalue weighted by Crippen LogP contribution is 2.66. The Morgan fingerprint density at radius 2 is 1.65 bits per heavy atom. The monoisotopic (exact) mass is 685 g/mol. The van der Waals surface area contributed by atoms with Crippen LogP contribution >= 0.6 is 11.3 Å². The highest BCUT2D eigenvalue weighted by Gasteiger charge is 2.59. The first-order valence-electron chi connectivity index (χ1n) is 15.2. The minimum absolute atomic E-state index is 0.0192. The molecule has 2 N–H and O–H groups in total. The molecule has 2 aromatic heterocycles. The Labute approximate surface area is 270 Å². The van der Waals surface area contributed by atoms with Crippen molar-refractivity contribution in [3.63, 3.8) is 0 Å². The number of anilines is 2. The summed E-state index contributed by atoms with van der Waals surface area (Å²) >= 11 is 1.46. The molecule has 2 bridgehead atoms. The second-order valence-corrected chi connectivity index (χ2v) is 17.8. The van der Waals surface area contributed by atoms with E-state index in [-0.39, 0.29) is 33.5 Å². The van der Waals surface area contributed by atoms with Gasteiger partial charge in [0, 0.05) is 29.5 Å². The molecule has 9 nitrogen and oxygen atoms in total. The fourth-order valence-corrected chi connectivity index (χ4v) is 10.7. The van der Waals surface area contributed by atoms with E-state index in [1.165, 1.54) is 48.8 Å². The van der Waals surface area contributed by atoms with Gasteiger partial charge in [-0.25, -0.2) is 40.6 Å². The molecule has 0 aliphatic heterocycles. The van der Waals surface area contributed by atoms with Gasteiger partial charge in [-0.1, -0.05) is 18.2 Å². The molecule has 0 saturated heterocycles. The van der Waals surface area contributed by atoms with Crippen molar-refractivity contribution in [1.29, 1.82) is 0 Å². The maximum Gasteiger partial charge on any atom is 0.265 e. The van der Waals surface area contributed by atoms with Gasteiger partial charge in [-0.05, 0) is 87.6 Å². The standard InChI is InChI=1S/C32H33F2N5O4S3/c1-18-5-3-7-23(33)29(18)46(42,43)39-24-8-4-6-22(26(24)34)27-28(44-30(38-27)32-15-19(16-32)17-32)25-13-14-35-31(37-25)36-20-9-11-21(12-10-20)45(2,40)41/h3-8,13-14,19-21,39H,9-12,15-17H2,1-2H3,(H,35,36,37)/t19?,20-,21+,32?. The molecule has 0 radical (unpaired) electrons. The Kier molecular flexibility index (Phi) is 7.67. The molecule has 2 heterocycles. The lowest BCUT2D eigenvalue weighted by atomic mass is 9.45. The molecule has 242 valence electrons. The number of hydrogen-bond donors (Lipinski definition) is 2. The molecule has 0 unspecified atom stereocenters. The second-order valence-electron chi connectivity index (χ2n) is 12.8. The summed E-state index contributed by atoms with van der Waals surface area (Å²) < 4.78 is 83.5. The SMILES string of the molecule is Cc1cccc(F)c1S(=O)(=O)Nc1cccc(-c2nc(C34CC(C3)C4)sc2-c2ccnc(N[C@H]3CC[C@@H](S(C)(=O)=O)CC3)n2)c1F. The number of halogens is 2. The largest absolute Gasteiger partial charge is 0.351 e. The molecular formula is C32H33F2N5O4S3. The van der Waals surface area contributed by atoms with Crippen LogP contribution in [0.15, 0.2) is 53.6 Å². The second kappa shape index (κ2) is 11.3. The van der Waals surface area contributed by atoms with Gasteiger partial charge < -0.3 is 5.32 Å². The predicted octanol–water partition coefficient (Wildman–Crippen LogP) is 6.47. The molecule has 0 amide bonds. The van der Waals surface area contributed by atoms with E-state index in [0.717, 1.165) is 30.3 Å². The fourth-order valence-electron chi connectivity index (χ4n) is 6.96. The highest BCUT2D eigenvalue weighted by molar-refractivity contribution is 7.92. The third-order valence-corrected chi connectivity index (χ3v) is 14.1. The number of nitrogens with zero attached hydrogens (tertiary/aromatic N) is 3. The molecule has 4 aliphatic carbocycles. The van der Waals surface area contributed by atoms with Crippen molar-refractivity contribution in [1.82, 2.24) is 15.0 Å². The molecule has 8 rings (SSSR count). The van der Waals surface area contributed by atoms with E-state index in [0.29, 0.717) is 53.8 Å². The normalized spacial score (nSPS) is 24.1. The summed E-state index contributed by atoms with van der Waals surface area (Å²) in [5.74, 6) is -0.676. The summed E-state index contributed by atoms with van der Waals surface area (Å²) in [6.07, 6.45) is 8.49. The molecule has 4 aromatic rings. The Balaban J connectivity index is 1.22. The zero-order valence-corrected chi connectivity index (χ0v) is 27.7. The molecule has 2 aromatic carbocycles. The number of nitrogens with one attached hydrogen (secondary N) is 2. The van der Waals surface area contributed by atoms with Crippen LogP contribution in [0.3, 0.4) is 0 Å². The number of aryl methyl sites for hydroxylation is 1. The Bertz CT molecular complexity index is 2020. The molecule has 4 aliphatic rings. The van der Waals surface area contributed by atoms with Crippen LogP contribution in [-0.4, -0.2) is 49.3 Å². The van der Waals surface area contributed by atoms with Crippen LogP contribution in [0.4, 0.5) is 20.4 Å². The molecule has 14 heteroatoms. The molecule has 46 heavy (non-hydrogen) atoms. The maximum atomic E-state index is 16.3. The fraction of sp³-hybridized carbons (Fsp3) is 0.406. The van der Waals surface area contributed by atoms with E-state index < -0.39 is 36.4 Å². The summed E-state index contributed by atoms with van der Waals surface area (Å²) in [4.78, 5) is 14.2. The third kappa shape index (κ3) is 5.57. The predicted molar refractivity (Wildman–Crippen MR) is 174 cm³/mol. The highest BCUT2D eigenvalue weighted by atomic mass is 32.2. The van der Waals surface area contributed by atoms with Crippen molar-refractivity contribution >= 4 is 42.8 Å². The van der Waals surface area contributed by atoms with Gasteiger partial charge in [0.05, 0.1) is 27.2 Å². The molecule has 0 spiro atoms. The number of aromatic nitrogens is 3. The Hall–Kier alpha value is -3.49. The summed E-state index contributed by atoms with van der Waals surface area (Å²) in [6, 6.07) is 10.1. The van der Waals surface area contributed by atoms with Crippen LogP contribution in [0.2, 0.25) is 0 Å². The topological polar surface area (TPSA) is 131 Å². The van der Waals surface area contributed by atoms with Gasteiger partial charge in [0.15, 0.2) is 5.82 Å². The van der Waals surface area contributed by atoms with Gasteiger partial charge in [0.2, 0.25) is 5.95 Å². The van der Waals surface area contributed by atoms with Crippen molar-refractivity contribution in [3.8, 4) is 21.8 Å². The number of sulfone groups is 1. The van der Waals surface area contributed by atoms with Crippen LogP contribution < -0.4 is 10.0 Å². The van der Waals surface area contributed by atoms with E-state index in [9.17, 15) is 21.2 Å². The lowest BCUT2D eigenvalue weighted by Gasteiger charge is -2.60. The van der Waals surface area contributed by atoms with Gasteiger partial charge in [-0.2, -0.15) is 0 Å². The number of sulfonamides is 1. The summed E-state index contributed by atoms with van der Waals surface area (Å²) in [5, 5.41) is 3.91. The van der Waals surface area contributed by atoms with Gasteiger partial charge in [-0.15, -0.1) is 11.3 Å². The summed E-state index contributed by atoms with van der Waals surface area (Å²) in [7, 11) is -7.53. The first-order chi connectivity index (χ1) is 21.8. The lowest BCUT2D eigenvalue weighted by molar-refractivity contribution is -0.0274. The maximum absolute atomic E-state index is 16.3. The van der Waals surface area contributed by atoms with Gasteiger partial charge in [0.25, 0.3) is 10.0 Å². The zero-order chi connectivity index (χ0) is 32.4. The van der Waals surface area contributed by atoms with Crippen molar-refractivity contribution in [2.45, 2.75) is 73.5 Å². The number of hydrogen-bond acceptors (Lipinski definition) is 9. The van der Waals surface area contributed by atoms with Crippen molar-refractivity contribution in [2.24, 2.45) is 5.92 Å². The van der Waals surface area contributed by atoms with Gasteiger partial charge in [-0.3, -0.25) is 4.72 Å². The van der Waals surface area contributed by atoms with Crippen LogP contribution in [0.25, 0.3) is 21.8 Å². The van der Waals surface area contributed by atoms with Crippen LogP contribution in [0.1, 0.15) is 55.5 Å². The van der Waals surface area contributed by atoms with E-state index >= 15 is 4.39 Å². The van der Waals surface area contributed by atoms with Gasteiger partial charge >= 0.3 is 0 Å². The van der Waals surface area contributed by atoms with Crippen molar-refractivity contribution in [2.75, 3.05) is 16.3 Å².